The van der Waals surface area contributed by atoms with Crippen LogP contribution in [0.3, 0.4) is 0 Å². The fraction of sp³-hybridized carbons (Fsp3) is 0.308. The van der Waals surface area contributed by atoms with Gasteiger partial charge in [0.05, 0.1) is 16.6 Å². The molecule has 5 heteroatoms. The largest absolute Gasteiger partial charge is 0.376 e. The van der Waals surface area contributed by atoms with Gasteiger partial charge >= 0.3 is 0 Å². The number of anilines is 1. The first kappa shape index (κ1) is 12.1. The Morgan fingerprint density at radius 1 is 1.44 bits per heavy atom. The molecule has 1 atom stereocenters. The maximum absolute atomic E-state index is 11.0. The van der Waals surface area contributed by atoms with Gasteiger partial charge in [0.2, 0.25) is 0 Å². The number of rotatable bonds is 3. The molecule has 0 heterocycles. The lowest BCUT2D eigenvalue weighted by Gasteiger charge is -2.20. The second-order valence-electron chi connectivity index (χ2n) is 4.23. The Balaban J connectivity index is 2.24. The number of hydrogen-bond donors (Lipinski definition) is 1. The third kappa shape index (κ3) is 2.66. The van der Waals surface area contributed by atoms with Gasteiger partial charge in [0.25, 0.3) is 5.69 Å². The van der Waals surface area contributed by atoms with Crippen molar-refractivity contribution in [2.24, 2.45) is 0 Å². The van der Waals surface area contributed by atoms with E-state index in [4.69, 9.17) is 5.26 Å². The van der Waals surface area contributed by atoms with E-state index in [0.717, 1.165) is 19.3 Å². The van der Waals surface area contributed by atoms with Gasteiger partial charge in [0, 0.05) is 12.1 Å². The first-order chi connectivity index (χ1) is 8.70. The van der Waals surface area contributed by atoms with Crippen molar-refractivity contribution < 1.29 is 4.92 Å². The molecule has 1 aromatic carbocycles. The molecule has 0 amide bonds. The lowest BCUT2D eigenvalue weighted by atomic mass is 10.0. The highest BCUT2D eigenvalue weighted by Crippen LogP contribution is 2.27. The summed E-state index contributed by atoms with van der Waals surface area (Å²) >= 11 is 0. The van der Waals surface area contributed by atoms with Gasteiger partial charge in [-0.3, -0.25) is 10.1 Å². The number of nitro benzene ring substituents is 1. The summed E-state index contributed by atoms with van der Waals surface area (Å²) in [7, 11) is 0. The average molecular weight is 243 g/mol. The van der Waals surface area contributed by atoms with Crippen LogP contribution in [-0.4, -0.2) is 11.0 Å². The summed E-state index contributed by atoms with van der Waals surface area (Å²) < 4.78 is 0. The molecule has 2 rings (SSSR count). The first-order valence-electron chi connectivity index (χ1n) is 5.81. The third-order valence-electron chi connectivity index (χ3n) is 2.95. The molecule has 1 aliphatic carbocycles. The lowest BCUT2D eigenvalue weighted by molar-refractivity contribution is -0.384. The van der Waals surface area contributed by atoms with E-state index in [0.29, 0.717) is 11.3 Å². The molecule has 1 aliphatic rings. The predicted octanol–water partition coefficient (Wildman–Crippen LogP) is 2.99. The normalized spacial score (nSPS) is 18.1. The molecular formula is C13H13N3O2. The van der Waals surface area contributed by atoms with E-state index in [2.05, 4.69) is 17.5 Å². The highest BCUT2D eigenvalue weighted by molar-refractivity contribution is 5.64. The van der Waals surface area contributed by atoms with Gasteiger partial charge in [-0.1, -0.05) is 12.2 Å². The van der Waals surface area contributed by atoms with Crippen molar-refractivity contribution in [1.29, 1.82) is 5.26 Å². The SMILES string of the molecule is N#Cc1ccc(NC2CC=CCC2)c([N+](=O)[O-])c1. The van der Waals surface area contributed by atoms with Crippen molar-refractivity contribution in [3.8, 4) is 6.07 Å². The Hall–Kier alpha value is -2.35. The van der Waals surface area contributed by atoms with E-state index in [9.17, 15) is 10.1 Å². The van der Waals surface area contributed by atoms with Crippen molar-refractivity contribution in [3.05, 3.63) is 46.0 Å². The molecule has 1 aromatic rings. The minimum atomic E-state index is -0.457. The Labute approximate surface area is 105 Å². The molecule has 0 spiro atoms. The van der Waals surface area contributed by atoms with Gasteiger partial charge in [-0.15, -0.1) is 0 Å². The smallest absolute Gasteiger partial charge is 0.293 e. The molecule has 1 N–H and O–H groups in total. The Morgan fingerprint density at radius 2 is 2.28 bits per heavy atom. The van der Waals surface area contributed by atoms with Gasteiger partial charge in [0.1, 0.15) is 5.69 Å². The van der Waals surface area contributed by atoms with E-state index in [-0.39, 0.29) is 11.7 Å². The minimum Gasteiger partial charge on any atom is -0.376 e. The zero-order chi connectivity index (χ0) is 13.0. The van der Waals surface area contributed by atoms with E-state index in [1.54, 1.807) is 12.1 Å². The summed E-state index contributed by atoms with van der Waals surface area (Å²) in [5.74, 6) is 0. The molecule has 0 bridgehead atoms. The van der Waals surface area contributed by atoms with Crippen LogP contribution < -0.4 is 5.32 Å². The van der Waals surface area contributed by atoms with Crippen LogP contribution >= 0.6 is 0 Å². The molecule has 5 nitrogen and oxygen atoms in total. The maximum atomic E-state index is 11.0. The minimum absolute atomic E-state index is 0.0383. The fourth-order valence-corrected chi connectivity index (χ4v) is 2.02. The summed E-state index contributed by atoms with van der Waals surface area (Å²) in [6.07, 6.45) is 7.02. The molecule has 0 fully saturated rings. The topological polar surface area (TPSA) is 79.0 Å². The van der Waals surface area contributed by atoms with Gasteiger partial charge in [-0.2, -0.15) is 5.26 Å². The zero-order valence-electron chi connectivity index (χ0n) is 9.80. The first-order valence-corrected chi connectivity index (χ1v) is 5.81. The number of allylic oxidation sites excluding steroid dienone is 1. The molecule has 0 saturated heterocycles. The highest BCUT2D eigenvalue weighted by atomic mass is 16.6. The van der Waals surface area contributed by atoms with Crippen LogP contribution in [0.25, 0.3) is 0 Å². The average Bonchev–Trinajstić information content (AvgIpc) is 2.40. The second kappa shape index (κ2) is 5.32. The van der Waals surface area contributed by atoms with Gasteiger partial charge in [-0.25, -0.2) is 0 Å². The monoisotopic (exact) mass is 243 g/mol. The van der Waals surface area contributed by atoms with Gasteiger partial charge in [-0.05, 0) is 31.4 Å². The highest BCUT2D eigenvalue weighted by Gasteiger charge is 2.18. The number of benzene rings is 1. The van der Waals surface area contributed by atoms with Crippen LogP contribution in [0.4, 0.5) is 11.4 Å². The second-order valence-corrected chi connectivity index (χ2v) is 4.23. The molecule has 0 radical (unpaired) electrons. The van der Waals surface area contributed by atoms with Gasteiger partial charge in [0.15, 0.2) is 0 Å². The predicted molar refractivity (Wildman–Crippen MR) is 68.2 cm³/mol. The van der Waals surface area contributed by atoms with Gasteiger partial charge < -0.3 is 5.32 Å². The Kier molecular flexibility index (Phi) is 3.58. The van der Waals surface area contributed by atoms with Crippen LogP contribution in [0, 0.1) is 21.4 Å². The van der Waals surface area contributed by atoms with Crippen molar-refractivity contribution >= 4 is 11.4 Å². The van der Waals surface area contributed by atoms with Crippen molar-refractivity contribution in [3.63, 3.8) is 0 Å². The van der Waals surface area contributed by atoms with Crippen molar-refractivity contribution in [2.75, 3.05) is 5.32 Å². The number of nitrogens with one attached hydrogen (secondary N) is 1. The van der Waals surface area contributed by atoms with Crippen LogP contribution in [-0.2, 0) is 0 Å². The molecule has 0 saturated carbocycles. The van der Waals surface area contributed by atoms with E-state index in [1.807, 2.05) is 6.07 Å². The van der Waals surface area contributed by atoms with E-state index in [1.165, 1.54) is 6.07 Å². The van der Waals surface area contributed by atoms with E-state index < -0.39 is 4.92 Å². The van der Waals surface area contributed by atoms with Crippen LogP contribution in [0.1, 0.15) is 24.8 Å². The number of nitriles is 1. The molecular weight excluding hydrogens is 230 g/mol. The standard InChI is InChI=1S/C13H13N3O2/c14-9-10-6-7-12(13(8-10)16(17)18)15-11-4-2-1-3-5-11/h1-2,6-8,11,15H,3-5H2. The maximum Gasteiger partial charge on any atom is 0.293 e. The van der Waals surface area contributed by atoms with Crippen molar-refractivity contribution in [1.82, 2.24) is 0 Å². The summed E-state index contributed by atoms with van der Waals surface area (Å²) in [4.78, 5) is 10.5. The summed E-state index contributed by atoms with van der Waals surface area (Å²) in [5.41, 5.74) is 0.749. The molecule has 0 aliphatic heterocycles. The molecule has 1 unspecified atom stereocenters. The number of nitrogens with zero attached hydrogens (tertiary/aromatic N) is 2. The molecule has 0 aromatic heterocycles. The zero-order valence-corrected chi connectivity index (χ0v) is 9.80. The summed E-state index contributed by atoms with van der Waals surface area (Å²) in [5, 5.41) is 22.9. The number of hydrogen-bond acceptors (Lipinski definition) is 4. The quantitative estimate of drug-likeness (QED) is 0.502. The van der Waals surface area contributed by atoms with Crippen LogP contribution in [0.2, 0.25) is 0 Å². The fourth-order valence-electron chi connectivity index (χ4n) is 2.02. The van der Waals surface area contributed by atoms with Crippen LogP contribution in [0.15, 0.2) is 30.4 Å². The third-order valence-corrected chi connectivity index (χ3v) is 2.95. The molecule has 92 valence electrons. The van der Waals surface area contributed by atoms with E-state index >= 15 is 0 Å². The summed E-state index contributed by atoms with van der Waals surface area (Å²) in [6.45, 7) is 0. The Bertz CT molecular complexity index is 532. The lowest BCUT2D eigenvalue weighted by Crippen LogP contribution is -2.20. The number of nitro groups is 1. The summed E-state index contributed by atoms with van der Waals surface area (Å²) in [6, 6.07) is 6.64. The Morgan fingerprint density at radius 3 is 2.89 bits per heavy atom. The van der Waals surface area contributed by atoms with Crippen molar-refractivity contribution in [2.45, 2.75) is 25.3 Å². The molecule has 18 heavy (non-hydrogen) atoms. The van der Waals surface area contributed by atoms with Crippen LogP contribution in [0.5, 0.6) is 0 Å².